The molecule has 0 atom stereocenters. The molecular formula is C17H16N2O6. The number of anilines is 1. The second-order valence-corrected chi connectivity index (χ2v) is 5.42. The van der Waals surface area contributed by atoms with Crippen molar-refractivity contribution in [1.29, 1.82) is 0 Å². The van der Waals surface area contributed by atoms with E-state index in [0.29, 0.717) is 30.9 Å². The van der Waals surface area contributed by atoms with E-state index in [0.717, 1.165) is 6.26 Å². The van der Waals surface area contributed by atoms with E-state index in [2.05, 4.69) is 5.32 Å². The number of fused-ring (bicyclic) bond motifs is 1. The summed E-state index contributed by atoms with van der Waals surface area (Å²) in [4.78, 5) is 36.3. The van der Waals surface area contributed by atoms with Crippen molar-refractivity contribution in [2.45, 2.75) is 6.42 Å². The first-order chi connectivity index (χ1) is 12.1. The number of carbonyl (C=O) groups is 3. The van der Waals surface area contributed by atoms with Gasteiger partial charge in [0.25, 0.3) is 11.8 Å². The van der Waals surface area contributed by atoms with Crippen molar-refractivity contribution in [1.82, 2.24) is 5.32 Å². The predicted molar refractivity (Wildman–Crippen MR) is 86.9 cm³/mol. The summed E-state index contributed by atoms with van der Waals surface area (Å²) in [5, 5.41) is 11.4. The smallest absolute Gasteiger partial charge is 0.338 e. The molecule has 0 spiro atoms. The highest BCUT2D eigenvalue weighted by atomic mass is 16.5. The van der Waals surface area contributed by atoms with Gasteiger partial charge in [-0.05, 0) is 18.6 Å². The normalized spacial score (nSPS) is 13.1. The molecule has 130 valence electrons. The van der Waals surface area contributed by atoms with Crippen LogP contribution in [0.4, 0.5) is 5.69 Å². The first-order valence-corrected chi connectivity index (χ1v) is 7.68. The number of ether oxygens (including phenoxy) is 1. The molecule has 0 saturated heterocycles. The van der Waals surface area contributed by atoms with Gasteiger partial charge < -0.3 is 24.5 Å². The van der Waals surface area contributed by atoms with Gasteiger partial charge in [-0.3, -0.25) is 9.59 Å². The molecule has 8 nitrogen and oxygen atoms in total. The quantitative estimate of drug-likeness (QED) is 0.769. The Morgan fingerprint density at radius 1 is 1.28 bits per heavy atom. The number of furan rings is 1. The first kappa shape index (κ1) is 16.6. The van der Waals surface area contributed by atoms with Gasteiger partial charge in [-0.15, -0.1) is 0 Å². The highest BCUT2D eigenvalue weighted by Gasteiger charge is 2.24. The van der Waals surface area contributed by atoms with Crippen molar-refractivity contribution in [2.24, 2.45) is 0 Å². The van der Waals surface area contributed by atoms with Crippen LogP contribution in [0.25, 0.3) is 0 Å². The van der Waals surface area contributed by atoms with Crippen molar-refractivity contribution in [3.8, 4) is 5.75 Å². The summed E-state index contributed by atoms with van der Waals surface area (Å²) in [6.45, 7) is 0.737. The van der Waals surface area contributed by atoms with Crippen LogP contribution in [0.3, 0.4) is 0 Å². The highest BCUT2D eigenvalue weighted by molar-refractivity contribution is 5.98. The first-order valence-electron chi connectivity index (χ1n) is 7.68. The fraction of sp³-hybridized carbons (Fsp3) is 0.235. The van der Waals surface area contributed by atoms with Crippen molar-refractivity contribution >= 4 is 23.5 Å². The number of carbonyl (C=O) groups excluding carboxylic acids is 2. The van der Waals surface area contributed by atoms with Gasteiger partial charge in [0.2, 0.25) is 0 Å². The molecule has 2 amide bonds. The number of carboxylic acid groups (broad SMARTS) is 1. The van der Waals surface area contributed by atoms with Crippen LogP contribution < -0.4 is 15.0 Å². The number of rotatable bonds is 6. The van der Waals surface area contributed by atoms with E-state index in [1.54, 1.807) is 17.0 Å². The van der Waals surface area contributed by atoms with E-state index in [4.69, 9.17) is 14.3 Å². The third kappa shape index (κ3) is 3.63. The molecule has 25 heavy (non-hydrogen) atoms. The van der Waals surface area contributed by atoms with Crippen LogP contribution in [0.5, 0.6) is 5.75 Å². The lowest BCUT2D eigenvalue weighted by Gasteiger charge is -2.29. The molecule has 0 unspecified atom stereocenters. The predicted octanol–water partition coefficient (Wildman–Crippen LogP) is 1.52. The number of benzene rings is 1. The van der Waals surface area contributed by atoms with Crippen molar-refractivity contribution < 1.29 is 28.6 Å². The molecule has 0 bridgehead atoms. The van der Waals surface area contributed by atoms with Crippen LogP contribution >= 0.6 is 0 Å². The van der Waals surface area contributed by atoms with Crippen molar-refractivity contribution in [2.75, 3.05) is 24.6 Å². The lowest BCUT2D eigenvalue weighted by Crippen LogP contribution is -2.40. The van der Waals surface area contributed by atoms with Crippen LogP contribution in [0.15, 0.2) is 41.0 Å². The maximum Gasteiger partial charge on any atom is 0.338 e. The SMILES string of the molecule is O=C(O)c1coc(C(=O)NCCCN2C(=O)COc3ccccc32)c1. The largest absolute Gasteiger partial charge is 0.482 e. The lowest BCUT2D eigenvalue weighted by atomic mass is 10.2. The number of nitrogens with zero attached hydrogens (tertiary/aromatic N) is 1. The van der Waals surface area contributed by atoms with Crippen LogP contribution in [0.1, 0.15) is 27.3 Å². The van der Waals surface area contributed by atoms with E-state index in [-0.39, 0.29) is 23.8 Å². The summed E-state index contributed by atoms with van der Waals surface area (Å²) in [5.74, 6) is -1.20. The standard InChI is InChI=1S/C17H16N2O6/c20-15-10-25-13-5-2-1-4-12(13)19(15)7-3-6-18-16(21)14-8-11(9-24-14)17(22)23/h1-2,4-5,8-9H,3,6-7,10H2,(H,18,21)(H,22,23). The van der Waals surface area contributed by atoms with Gasteiger partial charge in [-0.1, -0.05) is 12.1 Å². The molecule has 0 fully saturated rings. The molecule has 8 heteroatoms. The van der Waals surface area contributed by atoms with Gasteiger partial charge >= 0.3 is 5.97 Å². The zero-order valence-corrected chi connectivity index (χ0v) is 13.2. The molecule has 0 saturated carbocycles. The minimum absolute atomic E-state index is 0.00622. The molecule has 2 aromatic rings. The average molecular weight is 344 g/mol. The third-order valence-electron chi connectivity index (χ3n) is 3.72. The molecule has 0 aliphatic carbocycles. The van der Waals surface area contributed by atoms with Crippen LogP contribution in [-0.2, 0) is 4.79 Å². The van der Waals surface area contributed by atoms with Crippen LogP contribution in [0, 0.1) is 0 Å². The van der Waals surface area contributed by atoms with Gasteiger partial charge in [-0.25, -0.2) is 4.79 Å². The van der Waals surface area contributed by atoms with E-state index in [1.807, 2.05) is 12.1 Å². The fourth-order valence-electron chi connectivity index (χ4n) is 2.49. The number of aromatic carboxylic acids is 1. The number of nitrogens with one attached hydrogen (secondary N) is 1. The summed E-state index contributed by atoms with van der Waals surface area (Å²) < 4.78 is 10.3. The third-order valence-corrected chi connectivity index (χ3v) is 3.72. The second-order valence-electron chi connectivity index (χ2n) is 5.42. The Hall–Kier alpha value is -3.29. The van der Waals surface area contributed by atoms with Gasteiger partial charge in [-0.2, -0.15) is 0 Å². The Labute approximate surface area is 143 Å². The Balaban J connectivity index is 1.52. The van der Waals surface area contributed by atoms with E-state index < -0.39 is 11.9 Å². The Kier molecular flexibility index (Phi) is 4.69. The fourth-order valence-corrected chi connectivity index (χ4v) is 2.49. The number of para-hydroxylation sites is 2. The van der Waals surface area contributed by atoms with Crippen LogP contribution in [-0.4, -0.2) is 42.6 Å². The van der Waals surface area contributed by atoms with Gasteiger partial charge in [0.05, 0.1) is 11.3 Å². The summed E-state index contributed by atoms with van der Waals surface area (Å²) in [6, 6.07) is 8.43. The number of carboxylic acids is 1. The van der Waals surface area contributed by atoms with Gasteiger partial charge in [0.15, 0.2) is 12.4 Å². The average Bonchev–Trinajstić information content (AvgIpc) is 3.10. The Bertz CT molecular complexity index is 813. The van der Waals surface area contributed by atoms with Crippen LogP contribution in [0.2, 0.25) is 0 Å². The summed E-state index contributed by atoms with van der Waals surface area (Å²) >= 11 is 0. The van der Waals surface area contributed by atoms with Crippen molar-refractivity contribution in [3.05, 3.63) is 47.9 Å². The monoisotopic (exact) mass is 344 g/mol. The van der Waals surface area contributed by atoms with Crippen molar-refractivity contribution in [3.63, 3.8) is 0 Å². The zero-order valence-electron chi connectivity index (χ0n) is 13.2. The van der Waals surface area contributed by atoms with E-state index in [1.165, 1.54) is 6.07 Å². The Morgan fingerprint density at radius 3 is 2.84 bits per heavy atom. The molecular weight excluding hydrogens is 328 g/mol. The molecule has 1 aromatic heterocycles. The summed E-state index contributed by atoms with van der Waals surface area (Å²) in [5.41, 5.74) is 0.628. The van der Waals surface area contributed by atoms with Gasteiger partial charge in [0, 0.05) is 19.2 Å². The zero-order chi connectivity index (χ0) is 17.8. The second kappa shape index (κ2) is 7.08. The molecule has 0 radical (unpaired) electrons. The maximum absolute atomic E-state index is 12.0. The van der Waals surface area contributed by atoms with E-state index >= 15 is 0 Å². The summed E-state index contributed by atoms with van der Waals surface area (Å²) in [7, 11) is 0. The molecule has 1 aliphatic heterocycles. The number of hydrogen-bond acceptors (Lipinski definition) is 5. The number of hydrogen-bond donors (Lipinski definition) is 2. The molecule has 3 rings (SSSR count). The highest BCUT2D eigenvalue weighted by Crippen LogP contribution is 2.31. The topological polar surface area (TPSA) is 109 Å². The lowest BCUT2D eigenvalue weighted by molar-refractivity contribution is -0.121. The molecule has 2 heterocycles. The number of amides is 2. The maximum atomic E-state index is 12.0. The minimum Gasteiger partial charge on any atom is -0.482 e. The molecule has 2 N–H and O–H groups in total. The molecule has 1 aliphatic rings. The van der Waals surface area contributed by atoms with E-state index in [9.17, 15) is 14.4 Å². The van der Waals surface area contributed by atoms with Gasteiger partial charge in [0.1, 0.15) is 12.0 Å². The Morgan fingerprint density at radius 2 is 2.08 bits per heavy atom. The minimum atomic E-state index is -1.16. The summed E-state index contributed by atoms with van der Waals surface area (Å²) in [6.07, 6.45) is 1.54. The molecule has 1 aromatic carbocycles.